The summed E-state index contributed by atoms with van der Waals surface area (Å²) in [6, 6.07) is 3.92. The van der Waals surface area contributed by atoms with Gasteiger partial charge in [-0.05, 0) is 18.4 Å². The van der Waals surface area contributed by atoms with E-state index in [0.29, 0.717) is 17.9 Å². The van der Waals surface area contributed by atoms with E-state index >= 15 is 0 Å². The number of carboxylic acid groups (broad SMARTS) is 1. The molecule has 0 saturated carbocycles. The molecule has 0 atom stereocenters. The van der Waals surface area contributed by atoms with E-state index in [1.807, 2.05) is 6.26 Å². The van der Waals surface area contributed by atoms with Gasteiger partial charge in [0.2, 0.25) is 5.91 Å². The summed E-state index contributed by atoms with van der Waals surface area (Å²) in [4.78, 5) is 22.0. The summed E-state index contributed by atoms with van der Waals surface area (Å²) in [5.74, 6) is -1.02. The molecule has 0 aromatic heterocycles. The van der Waals surface area contributed by atoms with Crippen LogP contribution in [0.2, 0.25) is 0 Å². The largest absolute Gasteiger partial charge is 0.507 e. The molecule has 3 N–H and O–H groups in total. The second-order valence-electron chi connectivity index (χ2n) is 3.33. The summed E-state index contributed by atoms with van der Waals surface area (Å²) in [5, 5.41) is 20.7. The van der Waals surface area contributed by atoms with Crippen molar-refractivity contribution in [3.05, 3.63) is 23.8 Å². The van der Waals surface area contributed by atoms with Gasteiger partial charge in [0.1, 0.15) is 11.3 Å². The fourth-order valence-electron chi connectivity index (χ4n) is 1.21. The predicted molar refractivity (Wildman–Crippen MR) is 66.7 cm³/mol. The van der Waals surface area contributed by atoms with E-state index in [9.17, 15) is 14.7 Å². The van der Waals surface area contributed by atoms with E-state index in [2.05, 4.69) is 5.32 Å². The summed E-state index contributed by atoms with van der Waals surface area (Å²) in [6.07, 6.45) is 2.28. The molecule has 1 aromatic carbocycles. The molecule has 92 valence electrons. The Morgan fingerprint density at radius 2 is 2.12 bits per heavy atom. The number of phenols is 1. The molecule has 5 nitrogen and oxygen atoms in total. The number of aromatic carboxylic acids is 1. The van der Waals surface area contributed by atoms with Crippen molar-refractivity contribution in [3.8, 4) is 5.75 Å². The first kappa shape index (κ1) is 13.4. The topological polar surface area (TPSA) is 86.6 Å². The number of nitrogens with one attached hydrogen (secondary N) is 1. The molecule has 1 rings (SSSR count). The van der Waals surface area contributed by atoms with Gasteiger partial charge < -0.3 is 15.5 Å². The zero-order valence-corrected chi connectivity index (χ0v) is 10.1. The summed E-state index contributed by atoms with van der Waals surface area (Å²) >= 11 is 1.56. The number of carboxylic acids is 1. The van der Waals surface area contributed by atoms with Crippen LogP contribution >= 0.6 is 11.8 Å². The number of carbonyl (C=O) groups is 2. The Kier molecular flexibility index (Phi) is 4.84. The zero-order chi connectivity index (χ0) is 12.8. The van der Waals surface area contributed by atoms with E-state index < -0.39 is 5.97 Å². The van der Waals surface area contributed by atoms with Crippen LogP contribution in [0.3, 0.4) is 0 Å². The van der Waals surface area contributed by atoms with Crippen molar-refractivity contribution < 1.29 is 19.8 Å². The number of benzene rings is 1. The number of aromatic hydroxyl groups is 1. The number of carbonyl (C=O) groups excluding carboxylic acids is 1. The van der Waals surface area contributed by atoms with E-state index in [-0.39, 0.29) is 17.2 Å². The average molecular weight is 255 g/mol. The summed E-state index contributed by atoms with van der Waals surface area (Å²) in [6.45, 7) is 0. The Labute approximate surface area is 103 Å². The monoisotopic (exact) mass is 255 g/mol. The van der Waals surface area contributed by atoms with Gasteiger partial charge in [-0.1, -0.05) is 0 Å². The van der Waals surface area contributed by atoms with Crippen LogP contribution in [0, 0.1) is 0 Å². The van der Waals surface area contributed by atoms with Crippen LogP contribution in [0.15, 0.2) is 18.2 Å². The molecule has 1 aromatic rings. The van der Waals surface area contributed by atoms with Crippen LogP contribution < -0.4 is 5.32 Å². The minimum atomic E-state index is -1.21. The lowest BCUT2D eigenvalue weighted by molar-refractivity contribution is -0.115. The molecule has 0 heterocycles. The lowest BCUT2D eigenvalue weighted by Crippen LogP contribution is -2.12. The Morgan fingerprint density at radius 3 is 2.65 bits per heavy atom. The van der Waals surface area contributed by atoms with Crippen molar-refractivity contribution >= 4 is 29.3 Å². The first-order valence-corrected chi connectivity index (χ1v) is 6.29. The molecule has 0 saturated heterocycles. The Morgan fingerprint density at radius 1 is 1.41 bits per heavy atom. The summed E-state index contributed by atoms with van der Waals surface area (Å²) in [7, 11) is 0. The van der Waals surface area contributed by atoms with Gasteiger partial charge in [0.15, 0.2) is 0 Å². The zero-order valence-electron chi connectivity index (χ0n) is 9.27. The molecular weight excluding hydrogens is 242 g/mol. The molecule has 0 fully saturated rings. The molecule has 0 spiro atoms. The molecule has 17 heavy (non-hydrogen) atoms. The maximum absolute atomic E-state index is 11.4. The van der Waals surface area contributed by atoms with Gasteiger partial charge in [0.25, 0.3) is 0 Å². The van der Waals surface area contributed by atoms with Crippen LogP contribution in [-0.2, 0) is 4.79 Å². The van der Waals surface area contributed by atoms with Crippen molar-refractivity contribution in [3.63, 3.8) is 0 Å². The van der Waals surface area contributed by atoms with Crippen LogP contribution in [-0.4, -0.2) is 34.1 Å². The van der Waals surface area contributed by atoms with Crippen LogP contribution in [0.1, 0.15) is 16.8 Å². The average Bonchev–Trinajstić information content (AvgIpc) is 2.26. The number of hydrogen-bond acceptors (Lipinski definition) is 4. The van der Waals surface area contributed by atoms with E-state index in [1.54, 1.807) is 11.8 Å². The molecule has 1 amide bonds. The summed E-state index contributed by atoms with van der Waals surface area (Å²) in [5.41, 5.74) is 0.200. The smallest absolute Gasteiger partial charge is 0.339 e. The Bertz CT molecular complexity index is 433. The van der Waals surface area contributed by atoms with E-state index in [0.717, 1.165) is 0 Å². The Balaban J connectivity index is 2.70. The summed E-state index contributed by atoms with van der Waals surface area (Å²) < 4.78 is 0. The highest BCUT2D eigenvalue weighted by Gasteiger charge is 2.10. The fourth-order valence-corrected chi connectivity index (χ4v) is 1.60. The lowest BCUT2D eigenvalue weighted by Gasteiger charge is -2.06. The first-order valence-electron chi connectivity index (χ1n) is 4.89. The highest BCUT2D eigenvalue weighted by atomic mass is 32.2. The standard InChI is InChI=1S/C11H13NO4S/c1-17-5-4-10(14)12-7-2-3-8(11(15)16)9(13)6-7/h2-3,6,13H,4-5H2,1H3,(H,12,14)(H,15,16). The second kappa shape index (κ2) is 6.15. The molecule has 0 unspecified atom stereocenters. The number of amides is 1. The minimum Gasteiger partial charge on any atom is -0.507 e. The van der Waals surface area contributed by atoms with Crippen molar-refractivity contribution in [1.82, 2.24) is 0 Å². The molecule has 6 heteroatoms. The van der Waals surface area contributed by atoms with Gasteiger partial charge in [0, 0.05) is 23.9 Å². The van der Waals surface area contributed by atoms with E-state index in [4.69, 9.17) is 5.11 Å². The third kappa shape index (κ3) is 3.99. The van der Waals surface area contributed by atoms with Gasteiger partial charge in [0.05, 0.1) is 0 Å². The van der Waals surface area contributed by atoms with Crippen molar-refractivity contribution in [2.24, 2.45) is 0 Å². The van der Waals surface area contributed by atoms with Crippen LogP contribution in [0.4, 0.5) is 5.69 Å². The minimum absolute atomic E-state index is 0.165. The third-order valence-corrected chi connectivity index (χ3v) is 2.66. The highest BCUT2D eigenvalue weighted by molar-refractivity contribution is 7.98. The van der Waals surface area contributed by atoms with Crippen molar-refractivity contribution in [2.75, 3.05) is 17.3 Å². The second-order valence-corrected chi connectivity index (χ2v) is 4.31. The molecule has 0 bridgehead atoms. The lowest BCUT2D eigenvalue weighted by atomic mass is 10.2. The third-order valence-electron chi connectivity index (χ3n) is 2.05. The predicted octanol–water partition coefficient (Wildman–Crippen LogP) is 1.78. The fraction of sp³-hybridized carbons (Fsp3) is 0.273. The van der Waals surface area contributed by atoms with Crippen molar-refractivity contribution in [1.29, 1.82) is 0 Å². The van der Waals surface area contributed by atoms with Gasteiger partial charge >= 0.3 is 5.97 Å². The van der Waals surface area contributed by atoms with Crippen molar-refractivity contribution in [2.45, 2.75) is 6.42 Å². The van der Waals surface area contributed by atoms with Gasteiger partial charge in [-0.3, -0.25) is 4.79 Å². The first-order chi connectivity index (χ1) is 8.04. The molecule has 0 aliphatic heterocycles. The normalized spacial score (nSPS) is 9.94. The van der Waals surface area contributed by atoms with Gasteiger partial charge in [-0.2, -0.15) is 11.8 Å². The van der Waals surface area contributed by atoms with Crippen LogP contribution in [0.25, 0.3) is 0 Å². The van der Waals surface area contributed by atoms with Gasteiger partial charge in [-0.15, -0.1) is 0 Å². The number of anilines is 1. The molecular formula is C11H13NO4S. The quantitative estimate of drug-likeness (QED) is 0.746. The highest BCUT2D eigenvalue weighted by Crippen LogP contribution is 2.22. The number of rotatable bonds is 5. The molecule has 0 aliphatic rings. The maximum Gasteiger partial charge on any atom is 0.339 e. The number of hydrogen-bond donors (Lipinski definition) is 3. The molecule has 0 aliphatic carbocycles. The van der Waals surface area contributed by atoms with Crippen LogP contribution in [0.5, 0.6) is 5.75 Å². The van der Waals surface area contributed by atoms with E-state index in [1.165, 1.54) is 18.2 Å². The SMILES string of the molecule is CSCCC(=O)Nc1ccc(C(=O)O)c(O)c1. The maximum atomic E-state index is 11.4. The number of thioether (sulfide) groups is 1. The van der Waals surface area contributed by atoms with Gasteiger partial charge in [-0.25, -0.2) is 4.79 Å². The molecule has 0 radical (unpaired) electrons. The Hall–Kier alpha value is -1.69.